The van der Waals surface area contributed by atoms with Crippen molar-refractivity contribution in [2.75, 3.05) is 7.05 Å². The Morgan fingerprint density at radius 2 is 1.74 bits per heavy atom. The van der Waals surface area contributed by atoms with Crippen molar-refractivity contribution in [3.05, 3.63) is 47.5 Å². The van der Waals surface area contributed by atoms with E-state index in [2.05, 4.69) is 4.98 Å². The molecule has 2 amide bonds. The number of nitrogens with zero attached hydrogens (tertiary/aromatic N) is 1. The predicted molar refractivity (Wildman–Crippen MR) is 72.2 cm³/mol. The first-order valence-corrected chi connectivity index (χ1v) is 6.04. The van der Waals surface area contributed by atoms with Crippen molar-refractivity contribution in [1.82, 2.24) is 9.88 Å². The molecule has 1 aliphatic rings. The SMILES string of the molecule is CN1C(=O)c2ccc3[nH]c4ccccc4c3c2C1=O. The Morgan fingerprint density at radius 3 is 2.58 bits per heavy atom. The number of nitrogens with one attached hydrogen (secondary N) is 1. The number of hydrogen-bond acceptors (Lipinski definition) is 2. The quantitative estimate of drug-likeness (QED) is 0.623. The highest BCUT2D eigenvalue weighted by atomic mass is 16.2. The molecule has 0 saturated heterocycles. The van der Waals surface area contributed by atoms with E-state index in [-0.39, 0.29) is 11.8 Å². The molecular weight excluding hydrogens is 240 g/mol. The van der Waals surface area contributed by atoms with Crippen LogP contribution in [0.5, 0.6) is 0 Å². The summed E-state index contributed by atoms with van der Waals surface area (Å²) in [5.74, 6) is -0.456. The van der Waals surface area contributed by atoms with E-state index >= 15 is 0 Å². The van der Waals surface area contributed by atoms with Crippen molar-refractivity contribution >= 4 is 33.6 Å². The Bertz CT molecular complexity index is 876. The second-order valence-corrected chi connectivity index (χ2v) is 4.75. The van der Waals surface area contributed by atoms with Crippen molar-refractivity contribution in [3.63, 3.8) is 0 Å². The first-order chi connectivity index (χ1) is 9.18. The molecule has 1 aliphatic heterocycles. The van der Waals surface area contributed by atoms with Gasteiger partial charge in [-0.3, -0.25) is 14.5 Å². The summed E-state index contributed by atoms with van der Waals surface area (Å²) in [7, 11) is 1.52. The Labute approximate surface area is 108 Å². The number of benzene rings is 2. The fraction of sp³-hybridized carbons (Fsp3) is 0.0667. The summed E-state index contributed by atoms with van der Waals surface area (Å²) in [5, 5.41) is 1.82. The fourth-order valence-corrected chi connectivity index (χ4v) is 2.78. The summed E-state index contributed by atoms with van der Waals surface area (Å²) in [6, 6.07) is 11.4. The lowest BCUT2D eigenvalue weighted by Gasteiger charge is -2.03. The minimum atomic E-state index is -0.229. The smallest absolute Gasteiger partial charge is 0.261 e. The molecule has 3 aromatic rings. The molecule has 0 fully saturated rings. The van der Waals surface area contributed by atoms with Crippen LogP contribution in [0.3, 0.4) is 0 Å². The maximum absolute atomic E-state index is 12.3. The highest BCUT2D eigenvalue weighted by Gasteiger charge is 2.35. The Morgan fingerprint density at radius 1 is 0.947 bits per heavy atom. The first kappa shape index (κ1) is 10.3. The van der Waals surface area contributed by atoms with Crippen LogP contribution in [-0.2, 0) is 0 Å². The van der Waals surface area contributed by atoms with Crippen LogP contribution < -0.4 is 0 Å². The van der Waals surface area contributed by atoms with E-state index in [1.54, 1.807) is 6.07 Å². The summed E-state index contributed by atoms with van der Waals surface area (Å²) in [4.78, 5) is 28.7. The number of aromatic nitrogens is 1. The van der Waals surface area contributed by atoms with Gasteiger partial charge in [0.25, 0.3) is 11.8 Å². The molecular formula is C15H10N2O2. The summed E-state index contributed by atoms with van der Waals surface area (Å²) in [5.41, 5.74) is 2.87. The molecule has 1 aromatic heterocycles. The van der Waals surface area contributed by atoms with Crippen LogP contribution >= 0.6 is 0 Å². The number of aromatic amines is 1. The predicted octanol–water partition coefficient (Wildman–Crippen LogP) is 2.55. The minimum absolute atomic E-state index is 0.227. The van der Waals surface area contributed by atoms with Crippen LogP contribution in [0.1, 0.15) is 20.7 Å². The van der Waals surface area contributed by atoms with Gasteiger partial charge in [0, 0.05) is 28.9 Å². The zero-order valence-corrected chi connectivity index (χ0v) is 10.2. The van der Waals surface area contributed by atoms with Crippen LogP contribution in [0.25, 0.3) is 21.8 Å². The third-order valence-corrected chi connectivity index (χ3v) is 3.72. The van der Waals surface area contributed by atoms with Gasteiger partial charge < -0.3 is 4.98 Å². The monoisotopic (exact) mass is 250 g/mol. The van der Waals surface area contributed by atoms with Crippen molar-refractivity contribution < 1.29 is 9.59 Å². The lowest BCUT2D eigenvalue weighted by molar-refractivity contribution is 0.0694. The molecule has 4 heteroatoms. The number of hydrogen-bond donors (Lipinski definition) is 1. The van der Waals surface area contributed by atoms with E-state index in [4.69, 9.17) is 0 Å². The highest BCUT2D eigenvalue weighted by Crippen LogP contribution is 2.34. The molecule has 0 saturated carbocycles. The highest BCUT2D eigenvalue weighted by molar-refractivity contribution is 6.29. The van der Waals surface area contributed by atoms with Gasteiger partial charge >= 0.3 is 0 Å². The van der Waals surface area contributed by atoms with Crippen LogP contribution in [0.2, 0.25) is 0 Å². The lowest BCUT2D eigenvalue weighted by atomic mass is 10.0. The third-order valence-electron chi connectivity index (χ3n) is 3.72. The molecule has 0 bridgehead atoms. The number of rotatable bonds is 0. The van der Waals surface area contributed by atoms with Gasteiger partial charge in [-0.05, 0) is 18.2 Å². The Kier molecular flexibility index (Phi) is 1.75. The molecule has 0 radical (unpaired) electrons. The molecule has 4 nitrogen and oxygen atoms in total. The van der Waals surface area contributed by atoms with Gasteiger partial charge in [0.05, 0.1) is 11.1 Å². The van der Waals surface area contributed by atoms with Gasteiger partial charge in [-0.15, -0.1) is 0 Å². The van der Waals surface area contributed by atoms with Crippen molar-refractivity contribution in [3.8, 4) is 0 Å². The summed E-state index contributed by atoms with van der Waals surface area (Å²) in [6.07, 6.45) is 0. The number of carbonyl (C=O) groups is 2. The average molecular weight is 250 g/mol. The topological polar surface area (TPSA) is 53.2 Å². The van der Waals surface area contributed by atoms with E-state index in [1.165, 1.54) is 11.9 Å². The molecule has 19 heavy (non-hydrogen) atoms. The van der Waals surface area contributed by atoms with Crippen LogP contribution in [0.4, 0.5) is 0 Å². The molecule has 0 unspecified atom stereocenters. The van der Waals surface area contributed by atoms with Gasteiger partial charge in [-0.1, -0.05) is 18.2 Å². The maximum atomic E-state index is 12.3. The first-order valence-electron chi connectivity index (χ1n) is 6.04. The number of amides is 2. The molecule has 2 heterocycles. The molecule has 0 spiro atoms. The number of H-pyrrole nitrogens is 1. The summed E-state index contributed by atoms with van der Waals surface area (Å²) >= 11 is 0. The summed E-state index contributed by atoms with van der Waals surface area (Å²) < 4.78 is 0. The van der Waals surface area contributed by atoms with Crippen molar-refractivity contribution in [2.45, 2.75) is 0 Å². The summed E-state index contributed by atoms with van der Waals surface area (Å²) in [6.45, 7) is 0. The Hall–Kier alpha value is -2.62. The minimum Gasteiger partial charge on any atom is -0.354 e. The zero-order valence-electron chi connectivity index (χ0n) is 10.2. The number of imide groups is 1. The second kappa shape index (κ2) is 3.23. The van der Waals surface area contributed by atoms with Gasteiger partial charge in [0.15, 0.2) is 0 Å². The van der Waals surface area contributed by atoms with E-state index in [0.29, 0.717) is 11.1 Å². The second-order valence-electron chi connectivity index (χ2n) is 4.75. The fourth-order valence-electron chi connectivity index (χ4n) is 2.78. The standard InChI is InChI=1S/C15H10N2O2/c1-17-14(18)9-6-7-11-12(13(9)15(17)19)8-4-2-3-5-10(8)16-11/h2-7,16H,1H3. The van der Waals surface area contributed by atoms with E-state index in [1.807, 2.05) is 30.3 Å². The zero-order chi connectivity index (χ0) is 13.1. The maximum Gasteiger partial charge on any atom is 0.261 e. The molecule has 0 atom stereocenters. The third kappa shape index (κ3) is 1.13. The van der Waals surface area contributed by atoms with Gasteiger partial charge in [0.1, 0.15) is 0 Å². The normalized spacial score (nSPS) is 14.7. The van der Waals surface area contributed by atoms with Gasteiger partial charge in [-0.25, -0.2) is 0 Å². The number of para-hydroxylation sites is 1. The van der Waals surface area contributed by atoms with Crippen LogP contribution in [-0.4, -0.2) is 28.7 Å². The van der Waals surface area contributed by atoms with Crippen molar-refractivity contribution in [2.24, 2.45) is 0 Å². The van der Waals surface area contributed by atoms with Crippen LogP contribution in [0.15, 0.2) is 36.4 Å². The molecule has 92 valence electrons. The van der Waals surface area contributed by atoms with Crippen molar-refractivity contribution in [1.29, 1.82) is 0 Å². The average Bonchev–Trinajstić information content (AvgIpc) is 2.91. The van der Waals surface area contributed by atoms with Gasteiger partial charge in [-0.2, -0.15) is 0 Å². The number of carbonyl (C=O) groups excluding carboxylic acids is 2. The van der Waals surface area contributed by atoms with E-state index in [0.717, 1.165) is 21.8 Å². The molecule has 0 aliphatic carbocycles. The number of fused-ring (bicyclic) bond motifs is 5. The van der Waals surface area contributed by atoms with Crippen LogP contribution in [0, 0.1) is 0 Å². The lowest BCUT2D eigenvalue weighted by Crippen LogP contribution is -2.24. The molecule has 1 N–H and O–H groups in total. The largest absolute Gasteiger partial charge is 0.354 e. The van der Waals surface area contributed by atoms with Gasteiger partial charge in [0.2, 0.25) is 0 Å². The van der Waals surface area contributed by atoms with E-state index < -0.39 is 0 Å². The van der Waals surface area contributed by atoms with E-state index in [9.17, 15) is 9.59 Å². The Balaban J connectivity index is 2.26. The molecule has 2 aromatic carbocycles. The molecule has 4 rings (SSSR count).